The predicted molar refractivity (Wildman–Crippen MR) is 224 cm³/mol. The van der Waals surface area contributed by atoms with E-state index in [4.69, 9.17) is 33.7 Å². The van der Waals surface area contributed by atoms with Crippen molar-refractivity contribution in [3.63, 3.8) is 0 Å². The molecule has 298 valence electrons. The van der Waals surface area contributed by atoms with Gasteiger partial charge in [0.15, 0.2) is 23.0 Å². The lowest BCUT2D eigenvalue weighted by Gasteiger charge is -2.22. The number of hydrogen-bond donors (Lipinski definition) is 0. The van der Waals surface area contributed by atoms with Gasteiger partial charge in [0.1, 0.15) is 24.7 Å². The number of ether oxygens (including phenoxy) is 5. The van der Waals surface area contributed by atoms with Gasteiger partial charge in [-0.25, -0.2) is 0 Å². The number of para-hydroxylation sites is 2. The lowest BCUT2D eigenvalue weighted by Crippen LogP contribution is -2.37. The summed E-state index contributed by atoms with van der Waals surface area (Å²) < 4.78 is 30.3. The number of methoxy groups -OCH3 is 2. The van der Waals surface area contributed by atoms with Gasteiger partial charge in [-0.1, -0.05) is 36.4 Å². The number of amides is 2. The fraction of sp³-hybridized carbons (Fsp3) is 0.255. The van der Waals surface area contributed by atoms with E-state index in [1.165, 1.54) is 14.2 Å². The number of carbonyl (C=O) groups excluding carboxylic acids is 3. The van der Waals surface area contributed by atoms with E-state index in [1.807, 2.05) is 79.2 Å². The number of benzene rings is 5. The molecular formula is C47H42N4O8. The number of anilines is 2. The zero-order valence-corrected chi connectivity index (χ0v) is 33.0. The summed E-state index contributed by atoms with van der Waals surface area (Å²) in [5, 5.41) is 0. The minimum absolute atomic E-state index is 0.0988. The fourth-order valence-electron chi connectivity index (χ4n) is 8.19. The maximum atomic E-state index is 13.9. The number of fused-ring (bicyclic) bond motifs is 8. The molecule has 0 saturated heterocycles. The fourth-order valence-corrected chi connectivity index (χ4v) is 8.19. The Morgan fingerprint density at radius 1 is 0.644 bits per heavy atom. The van der Waals surface area contributed by atoms with Gasteiger partial charge in [0, 0.05) is 55.2 Å². The second-order valence-corrected chi connectivity index (χ2v) is 15.0. The molecule has 4 aliphatic rings. The number of Topliss-reactive ketones (excluding diaryl/α,β-unsaturated/α-hetero) is 1. The quantitative estimate of drug-likeness (QED) is 0.109. The van der Waals surface area contributed by atoms with Crippen molar-refractivity contribution >= 4 is 52.8 Å². The third-order valence-corrected chi connectivity index (χ3v) is 11.0. The van der Waals surface area contributed by atoms with E-state index in [0.29, 0.717) is 83.5 Å². The van der Waals surface area contributed by atoms with Crippen molar-refractivity contribution < 1.29 is 38.1 Å². The SMILES string of the molecule is COc1cc2c(cc1OCc1cc(COc3cc4c(cc3OC)C(=O)N3c5ccccc5C[C@H]3C=N4)cc(OCCCC(C)=O)c1)N=C[C@@H]1Cc3ccccc3N1C2=O. The van der Waals surface area contributed by atoms with Crippen LogP contribution in [0.15, 0.2) is 101 Å². The molecule has 12 nitrogen and oxygen atoms in total. The molecule has 5 aromatic carbocycles. The number of aliphatic imine (C=N–C) groups is 2. The zero-order valence-electron chi connectivity index (χ0n) is 33.0. The molecular weight excluding hydrogens is 749 g/mol. The van der Waals surface area contributed by atoms with Gasteiger partial charge >= 0.3 is 0 Å². The molecule has 4 aliphatic heterocycles. The summed E-state index contributed by atoms with van der Waals surface area (Å²) >= 11 is 0. The number of ketones is 1. The summed E-state index contributed by atoms with van der Waals surface area (Å²) in [6.07, 6.45) is 6.03. The van der Waals surface area contributed by atoms with Crippen LogP contribution in [0.5, 0.6) is 28.7 Å². The molecule has 4 heterocycles. The summed E-state index contributed by atoms with van der Waals surface area (Å²) in [6.45, 7) is 2.18. The number of hydrogen-bond acceptors (Lipinski definition) is 10. The predicted octanol–water partition coefficient (Wildman–Crippen LogP) is 8.18. The van der Waals surface area contributed by atoms with Crippen molar-refractivity contribution in [3.05, 3.63) is 124 Å². The van der Waals surface area contributed by atoms with Crippen LogP contribution in [-0.4, -0.2) is 62.9 Å². The maximum absolute atomic E-state index is 13.9. The van der Waals surface area contributed by atoms with Gasteiger partial charge in [-0.3, -0.25) is 29.4 Å². The Morgan fingerprint density at radius 3 is 1.61 bits per heavy atom. The van der Waals surface area contributed by atoms with Gasteiger partial charge < -0.3 is 28.5 Å². The van der Waals surface area contributed by atoms with Gasteiger partial charge in [0.05, 0.1) is 55.4 Å². The monoisotopic (exact) mass is 790 g/mol. The molecule has 0 aliphatic carbocycles. The summed E-state index contributed by atoms with van der Waals surface area (Å²) in [5.41, 5.74) is 7.42. The van der Waals surface area contributed by atoms with E-state index < -0.39 is 0 Å². The summed E-state index contributed by atoms with van der Waals surface area (Å²) in [7, 11) is 3.08. The highest BCUT2D eigenvalue weighted by Gasteiger charge is 2.38. The molecule has 2 atom stereocenters. The maximum Gasteiger partial charge on any atom is 0.261 e. The van der Waals surface area contributed by atoms with Crippen LogP contribution >= 0.6 is 0 Å². The van der Waals surface area contributed by atoms with E-state index in [9.17, 15) is 14.4 Å². The minimum Gasteiger partial charge on any atom is -0.494 e. The van der Waals surface area contributed by atoms with E-state index in [2.05, 4.69) is 0 Å². The molecule has 0 saturated carbocycles. The van der Waals surface area contributed by atoms with Gasteiger partial charge in [0.2, 0.25) is 0 Å². The molecule has 0 aromatic heterocycles. The summed E-state index contributed by atoms with van der Waals surface area (Å²) in [6, 6.07) is 28.1. The molecule has 0 N–H and O–H groups in total. The van der Waals surface area contributed by atoms with Crippen molar-refractivity contribution in [1.29, 1.82) is 0 Å². The van der Waals surface area contributed by atoms with Gasteiger partial charge in [-0.2, -0.15) is 0 Å². The van der Waals surface area contributed by atoms with E-state index in [1.54, 1.807) is 41.0 Å². The van der Waals surface area contributed by atoms with E-state index >= 15 is 0 Å². The highest BCUT2D eigenvalue weighted by Crippen LogP contribution is 2.43. The standard InChI is InChI=1S/C47H42N4O8/c1-28(52)9-8-14-57-35-16-29(26-58-44-22-38-36(20-42(44)55-2)46(53)50-33(24-48-38)18-31-10-4-6-12-40(31)50)15-30(17-35)27-59-45-23-39-37(21-43(45)56-3)47(54)51-34(25-49-39)19-32-11-5-7-13-41(32)51/h4-7,10-13,15-17,20-25,33-34H,8-9,14,18-19,26-27H2,1-3H3/t33-,34-/m0/s1. The van der Waals surface area contributed by atoms with Gasteiger partial charge in [0.25, 0.3) is 11.8 Å². The van der Waals surface area contributed by atoms with Crippen LogP contribution in [0.1, 0.15) is 62.7 Å². The number of nitrogens with zero attached hydrogens (tertiary/aromatic N) is 4. The smallest absolute Gasteiger partial charge is 0.261 e. The van der Waals surface area contributed by atoms with Crippen molar-refractivity contribution in [2.75, 3.05) is 30.6 Å². The summed E-state index contributed by atoms with van der Waals surface area (Å²) in [4.78, 5) is 52.5. The normalized spacial score (nSPS) is 16.9. The first-order valence-corrected chi connectivity index (χ1v) is 19.6. The molecule has 12 heteroatoms. The Hall–Kier alpha value is -6.95. The van der Waals surface area contributed by atoms with Crippen molar-refractivity contribution in [1.82, 2.24) is 0 Å². The minimum atomic E-state index is -0.182. The van der Waals surface area contributed by atoms with Gasteiger partial charge in [-0.15, -0.1) is 0 Å². The Morgan fingerprint density at radius 2 is 1.14 bits per heavy atom. The Balaban J connectivity index is 0.958. The number of carbonyl (C=O) groups is 3. The zero-order chi connectivity index (χ0) is 40.6. The highest BCUT2D eigenvalue weighted by molar-refractivity contribution is 6.15. The van der Waals surface area contributed by atoms with Crippen molar-refractivity contribution in [3.8, 4) is 28.7 Å². The van der Waals surface area contributed by atoms with Crippen LogP contribution in [0.3, 0.4) is 0 Å². The molecule has 5 aromatic rings. The van der Waals surface area contributed by atoms with Crippen LogP contribution in [0.2, 0.25) is 0 Å². The molecule has 0 fully saturated rings. The van der Waals surface area contributed by atoms with E-state index in [-0.39, 0.29) is 42.9 Å². The van der Waals surface area contributed by atoms with Crippen LogP contribution in [0.25, 0.3) is 0 Å². The Labute approximate surface area is 341 Å². The van der Waals surface area contributed by atoms with Crippen LogP contribution in [0, 0.1) is 0 Å². The second kappa shape index (κ2) is 15.8. The first-order chi connectivity index (χ1) is 28.8. The Kier molecular flexibility index (Phi) is 10.1. The van der Waals surface area contributed by atoms with Crippen LogP contribution in [-0.2, 0) is 30.8 Å². The average molecular weight is 791 g/mol. The van der Waals surface area contributed by atoms with Crippen LogP contribution < -0.4 is 33.5 Å². The van der Waals surface area contributed by atoms with Gasteiger partial charge in [-0.05, 0) is 78.1 Å². The second-order valence-electron chi connectivity index (χ2n) is 15.0. The van der Waals surface area contributed by atoms with Crippen LogP contribution in [0.4, 0.5) is 22.7 Å². The van der Waals surface area contributed by atoms with Crippen molar-refractivity contribution in [2.45, 2.75) is 57.9 Å². The first-order valence-electron chi connectivity index (χ1n) is 19.6. The molecule has 2 amide bonds. The molecule has 0 spiro atoms. The third-order valence-electron chi connectivity index (χ3n) is 11.0. The number of rotatable bonds is 13. The van der Waals surface area contributed by atoms with Crippen molar-refractivity contribution in [2.24, 2.45) is 9.98 Å². The molecule has 9 rings (SSSR count). The third kappa shape index (κ3) is 7.26. The molecule has 59 heavy (non-hydrogen) atoms. The lowest BCUT2D eigenvalue weighted by molar-refractivity contribution is -0.117. The average Bonchev–Trinajstić information content (AvgIpc) is 3.74. The molecule has 0 radical (unpaired) electrons. The largest absolute Gasteiger partial charge is 0.494 e. The topological polar surface area (TPSA) is 129 Å². The first kappa shape index (κ1) is 37.6. The lowest BCUT2D eigenvalue weighted by atomic mass is 10.1. The molecule has 0 bridgehead atoms. The highest BCUT2D eigenvalue weighted by atomic mass is 16.5. The van der Waals surface area contributed by atoms with E-state index in [0.717, 1.165) is 33.6 Å². The molecule has 0 unspecified atom stereocenters. The summed E-state index contributed by atoms with van der Waals surface area (Å²) in [5.74, 6) is 2.05. The Bertz CT molecular complexity index is 2400.